The number of sulfone groups is 2. The molecular formula is C18H16F2N2O6S2. The van der Waals surface area contributed by atoms with Crippen LogP contribution in [0.15, 0.2) is 68.6 Å². The SMILES string of the molecule is O=S(=O)(c1ccc(F)cc1)C1(S(=O)(=O)c2ccc(F)cc2)CCCC(=NO)C1=NO. The van der Waals surface area contributed by atoms with Crippen LogP contribution in [0.2, 0.25) is 0 Å². The minimum Gasteiger partial charge on any atom is -0.411 e. The van der Waals surface area contributed by atoms with Crippen molar-refractivity contribution in [3.05, 3.63) is 60.2 Å². The summed E-state index contributed by atoms with van der Waals surface area (Å²) in [6.45, 7) is 0. The predicted molar refractivity (Wildman–Crippen MR) is 102 cm³/mol. The number of hydrogen-bond acceptors (Lipinski definition) is 8. The lowest BCUT2D eigenvalue weighted by molar-refractivity contribution is 0.310. The molecule has 0 aromatic heterocycles. The number of rotatable bonds is 4. The summed E-state index contributed by atoms with van der Waals surface area (Å²) >= 11 is 0. The molecule has 30 heavy (non-hydrogen) atoms. The van der Waals surface area contributed by atoms with Gasteiger partial charge >= 0.3 is 0 Å². The fourth-order valence-electron chi connectivity index (χ4n) is 3.45. The third-order valence-corrected chi connectivity index (χ3v) is 10.5. The maximum Gasteiger partial charge on any atom is 0.228 e. The van der Waals surface area contributed by atoms with Gasteiger partial charge in [-0.15, -0.1) is 0 Å². The molecule has 0 amide bonds. The Hall–Kier alpha value is -2.86. The zero-order valence-electron chi connectivity index (χ0n) is 15.2. The van der Waals surface area contributed by atoms with Gasteiger partial charge < -0.3 is 10.4 Å². The van der Waals surface area contributed by atoms with Crippen LogP contribution in [-0.4, -0.2) is 42.8 Å². The number of nitrogens with zero attached hydrogens (tertiary/aromatic N) is 2. The van der Waals surface area contributed by atoms with E-state index in [1.54, 1.807) is 0 Å². The summed E-state index contributed by atoms with van der Waals surface area (Å²) in [5.41, 5.74) is -1.30. The van der Waals surface area contributed by atoms with Crippen molar-refractivity contribution >= 4 is 31.1 Å². The molecule has 2 N–H and O–H groups in total. The number of hydrogen-bond donors (Lipinski definition) is 2. The Balaban J connectivity index is 2.41. The minimum atomic E-state index is -4.89. The van der Waals surface area contributed by atoms with Gasteiger partial charge in [-0.05, 0) is 67.8 Å². The average Bonchev–Trinajstić information content (AvgIpc) is 2.73. The van der Waals surface area contributed by atoms with Crippen LogP contribution in [0, 0.1) is 11.6 Å². The van der Waals surface area contributed by atoms with Crippen LogP contribution < -0.4 is 0 Å². The highest BCUT2D eigenvalue weighted by Crippen LogP contribution is 2.44. The Morgan fingerprint density at radius 1 is 0.767 bits per heavy atom. The van der Waals surface area contributed by atoms with Crippen LogP contribution in [0.1, 0.15) is 19.3 Å². The zero-order chi connectivity index (χ0) is 22.2. The first-order chi connectivity index (χ1) is 14.1. The van der Waals surface area contributed by atoms with Crippen molar-refractivity contribution in [1.82, 2.24) is 0 Å². The van der Waals surface area contributed by atoms with E-state index < -0.39 is 63.0 Å². The normalized spacial score (nSPS) is 19.8. The molecule has 1 aliphatic rings. The Morgan fingerprint density at radius 2 is 1.20 bits per heavy atom. The average molecular weight is 458 g/mol. The molecule has 1 fully saturated rings. The molecule has 12 heteroatoms. The third-order valence-electron chi connectivity index (χ3n) is 4.89. The second-order valence-electron chi connectivity index (χ2n) is 6.52. The highest BCUT2D eigenvalue weighted by Gasteiger charge is 2.62. The van der Waals surface area contributed by atoms with Crippen LogP contribution >= 0.6 is 0 Å². The summed E-state index contributed by atoms with van der Waals surface area (Å²) in [6, 6.07) is 6.88. The standard InChI is InChI=1S/C18H16F2N2O6S2/c19-12-3-7-14(8-4-12)29(25,26)18(11-1-2-16(21-23)17(18)22-24)30(27,28)15-9-5-13(20)6-10-15/h3-10,23-24H,1-2,11H2. The van der Waals surface area contributed by atoms with E-state index in [-0.39, 0.29) is 12.8 Å². The van der Waals surface area contributed by atoms with E-state index in [0.29, 0.717) is 0 Å². The second kappa shape index (κ2) is 7.76. The molecule has 160 valence electrons. The maximum atomic E-state index is 13.6. The number of benzene rings is 2. The largest absolute Gasteiger partial charge is 0.411 e. The summed E-state index contributed by atoms with van der Waals surface area (Å²) in [5, 5.41) is 24.7. The van der Waals surface area contributed by atoms with E-state index in [9.17, 15) is 36.0 Å². The Bertz CT molecular complexity index is 1150. The summed E-state index contributed by atoms with van der Waals surface area (Å²) in [6.07, 6.45) is -0.625. The van der Waals surface area contributed by atoms with E-state index >= 15 is 0 Å². The van der Waals surface area contributed by atoms with Gasteiger partial charge in [-0.1, -0.05) is 10.3 Å². The van der Waals surface area contributed by atoms with E-state index in [1.165, 1.54) is 0 Å². The van der Waals surface area contributed by atoms with Gasteiger partial charge in [0, 0.05) is 0 Å². The lowest BCUT2D eigenvalue weighted by Gasteiger charge is -2.36. The first kappa shape index (κ1) is 21.8. The fraction of sp³-hybridized carbons (Fsp3) is 0.222. The van der Waals surface area contributed by atoms with Crippen LogP contribution in [0.25, 0.3) is 0 Å². The molecular weight excluding hydrogens is 442 g/mol. The number of halogens is 2. The van der Waals surface area contributed by atoms with Crippen molar-refractivity contribution in [3.8, 4) is 0 Å². The molecule has 2 aromatic rings. The minimum absolute atomic E-state index is 0.0424. The lowest BCUT2D eigenvalue weighted by atomic mass is 9.95. The highest BCUT2D eigenvalue weighted by atomic mass is 32.3. The summed E-state index contributed by atoms with van der Waals surface area (Å²) in [5.74, 6) is -1.50. The topological polar surface area (TPSA) is 133 Å². The van der Waals surface area contributed by atoms with Crippen LogP contribution in [0.5, 0.6) is 0 Å². The van der Waals surface area contributed by atoms with E-state index in [0.717, 1.165) is 48.5 Å². The van der Waals surface area contributed by atoms with Crippen molar-refractivity contribution < 1.29 is 36.0 Å². The molecule has 0 saturated heterocycles. The molecule has 0 atom stereocenters. The first-order valence-electron chi connectivity index (χ1n) is 8.56. The van der Waals surface area contributed by atoms with Gasteiger partial charge in [-0.25, -0.2) is 25.6 Å². The second-order valence-corrected chi connectivity index (χ2v) is 11.1. The predicted octanol–water partition coefficient (Wildman–Crippen LogP) is 2.75. The molecule has 0 unspecified atom stereocenters. The van der Waals surface area contributed by atoms with Crippen molar-refractivity contribution in [2.75, 3.05) is 0 Å². The maximum absolute atomic E-state index is 13.6. The molecule has 8 nitrogen and oxygen atoms in total. The van der Waals surface area contributed by atoms with Gasteiger partial charge in [-0.2, -0.15) is 0 Å². The first-order valence-corrected chi connectivity index (χ1v) is 11.5. The zero-order valence-corrected chi connectivity index (χ0v) is 16.9. The lowest BCUT2D eigenvalue weighted by Crippen LogP contribution is -2.57. The molecule has 0 radical (unpaired) electrons. The van der Waals surface area contributed by atoms with Gasteiger partial charge in [0.05, 0.1) is 9.79 Å². The molecule has 0 spiro atoms. The van der Waals surface area contributed by atoms with E-state index in [1.807, 2.05) is 0 Å². The van der Waals surface area contributed by atoms with Gasteiger partial charge in [-0.3, -0.25) is 0 Å². The third kappa shape index (κ3) is 3.16. The molecule has 1 saturated carbocycles. The quantitative estimate of drug-likeness (QED) is 0.411. The van der Waals surface area contributed by atoms with E-state index in [4.69, 9.17) is 0 Å². The van der Waals surface area contributed by atoms with Gasteiger partial charge in [0.1, 0.15) is 23.1 Å². The molecule has 0 bridgehead atoms. The van der Waals surface area contributed by atoms with Gasteiger partial charge in [0.25, 0.3) is 0 Å². The summed E-state index contributed by atoms with van der Waals surface area (Å²) in [7, 11) is -9.78. The van der Waals surface area contributed by atoms with Crippen molar-refractivity contribution in [1.29, 1.82) is 0 Å². The summed E-state index contributed by atoms with van der Waals surface area (Å²) in [4.78, 5) is -1.09. The van der Waals surface area contributed by atoms with Crippen LogP contribution in [-0.2, 0) is 19.7 Å². The van der Waals surface area contributed by atoms with Crippen LogP contribution in [0.3, 0.4) is 0 Å². The van der Waals surface area contributed by atoms with Crippen LogP contribution in [0.4, 0.5) is 8.78 Å². The molecule has 0 aliphatic heterocycles. The molecule has 2 aromatic carbocycles. The van der Waals surface area contributed by atoms with Crippen molar-refractivity contribution in [2.45, 2.75) is 33.1 Å². The molecule has 0 heterocycles. The summed E-state index contributed by atoms with van der Waals surface area (Å²) < 4.78 is 78.3. The Morgan fingerprint density at radius 3 is 1.57 bits per heavy atom. The van der Waals surface area contributed by atoms with Crippen molar-refractivity contribution in [2.24, 2.45) is 10.3 Å². The van der Waals surface area contributed by atoms with Crippen molar-refractivity contribution in [3.63, 3.8) is 0 Å². The van der Waals surface area contributed by atoms with Gasteiger partial charge in [0.2, 0.25) is 23.8 Å². The van der Waals surface area contributed by atoms with E-state index in [2.05, 4.69) is 10.3 Å². The highest BCUT2D eigenvalue weighted by molar-refractivity contribution is 8.11. The van der Waals surface area contributed by atoms with Gasteiger partial charge in [0.15, 0.2) is 0 Å². The molecule has 3 rings (SSSR count). The smallest absolute Gasteiger partial charge is 0.228 e. The number of oxime groups is 2. The monoisotopic (exact) mass is 458 g/mol. The fourth-order valence-corrected chi connectivity index (χ4v) is 8.59. The molecule has 1 aliphatic carbocycles. The Kier molecular flexibility index (Phi) is 5.65. The Labute approximate surface area is 171 Å².